The Labute approximate surface area is 236 Å². The molecule has 1 saturated heterocycles. The monoisotopic (exact) mass is 556 g/mol. The third-order valence-corrected chi connectivity index (χ3v) is 8.14. The van der Waals surface area contributed by atoms with E-state index in [1.165, 1.54) is 12.3 Å². The second-order valence-electron chi connectivity index (χ2n) is 11.0. The van der Waals surface area contributed by atoms with Crippen LogP contribution in [-0.4, -0.2) is 45.7 Å². The van der Waals surface area contributed by atoms with Gasteiger partial charge in [-0.15, -0.1) is 0 Å². The van der Waals surface area contributed by atoms with Crippen LogP contribution in [0, 0.1) is 17.7 Å². The summed E-state index contributed by atoms with van der Waals surface area (Å²) in [6, 6.07) is 11.7. The van der Waals surface area contributed by atoms with E-state index in [4.69, 9.17) is 0 Å². The molecule has 2 fully saturated rings. The first kappa shape index (κ1) is 26.9. The van der Waals surface area contributed by atoms with Crippen LogP contribution in [0.3, 0.4) is 0 Å². The van der Waals surface area contributed by atoms with Gasteiger partial charge in [-0.25, -0.2) is 14.4 Å². The summed E-state index contributed by atoms with van der Waals surface area (Å²) in [7, 11) is 0. The Kier molecular flexibility index (Phi) is 7.65. The molecule has 1 aliphatic carbocycles. The minimum Gasteiger partial charge on any atom is -0.396 e. The minimum atomic E-state index is -0.525. The summed E-state index contributed by atoms with van der Waals surface area (Å²) < 4.78 is 15.4. The fourth-order valence-corrected chi connectivity index (χ4v) is 5.84. The molecule has 1 aromatic carbocycles. The molecule has 0 bridgehead atoms. The van der Waals surface area contributed by atoms with Crippen molar-refractivity contribution in [2.45, 2.75) is 38.5 Å². The molecule has 9 nitrogen and oxygen atoms in total. The average Bonchev–Trinajstić information content (AvgIpc) is 3.47. The Morgan fingerprint density at radius 1 is 1.10 bits per heavy atom. The number of rotatable bonds is 7. The highest BCUT2D eigenvalue weighted by Gasteiger charge is 2.23. The molecule has 10 heteroatoms. The number of anilines is 4. The predicted octanol–water partition coefficient (Wildman–Crippen LogP) is 5.21. The van der Waals surface area contributed by atoms with Crippen LogP contribution in [0.2, 0.25) is 0 Å². The zero-order valence-corrected chi connectivity index (χ0v) is 22.7. The number of hydrogen-bond donors (Lipinski definition) is 4. The molecule has 0 radical (unpaired) electrons. The molecule has 4 N–H and O–H groups in total. The van der Waals surface area contributed by atoms with Gasteiger partial charge < -0.3 is 25.6 Å². The van der Waals surface area contributed by atoms with Crippen LogP contribution in [-0.2, 0) is 4.79 Å². The Balaban J connectivity index is 1.27. The van der Waals surface area contributed by atoms with Crippen LogP contribution in [0.1, 0.15) is 38.5 Å². The van der Waals surface area contributed by atoms with Gasteiger partial charge in [0.1, 0.15) is 11.6 Å². The van der Waals surface area contributed by atoms with E-state index in [-0.39, 0.29) is 35.5 Å². The van der Waals surface area contributed by atoms with Crippen LogP contribution >= 0.6 is 0 Å². The fourth-order valence-electron chi connectivity index (χ4n) is 5.84. The topological polar surface area (TPSA) is 123 Å². The average molecular weight is 557 g/mol. The molecule has 0 spiro atoms. The van der Waals surface area contributed by atoms with E-state index >= 15 is 4.39 Å². The number of carbonyl (C=O) groups excluding carboxylic acids is 1. The second-order valence-corrected chi connectivity index (χ2v) is 11.0. The maximum atomic E-state index is 15.4. The van der Waals surface area contributed by atoms with Crippen molar-refractivity contribution in [2.75, 3.05) is 35.2 Å². The van der Waals surface area contributed by atoms with Crippen molar-refractivity contribution in [3.8, 4) is 11.3 Å². The lowest BCUT2D eigenvalue weighted by atomic mass is 9.88. The molecule has 0 unspecified atom stereocenters. The van der Waals surface area contributed by atoms with Gasteiger partial charge in [0.25, 0.3) is 5.56 Å². The number of halogens is 1. The molecule has 1 atom stereocenters. The van der Waals surface area contributed by atoms with E-state index in [0.717, 1.165) is 57.3 Å². The van der Waals surface area contributed by atoms with Crippen LogP contribution in [0.5, 0.6) is 0 Å². The Morgan fingerprint density at radius 2 is 1.95 bits per heavy atom. The van der Waals surface area contributed by atoms with Gasteiger partial charge in [-0.1, -0.05) is 19.3 Å². The Hall–Kier alpha value is -4.31. The first-order chi connectivity index (χ1) is 20.0. The van der Waals surface area contributed by atoms with Crippen molar-refractivity contribution in [1.82, 2.24) is 15.0 Å². The zero-order valence-electron chi connectivity index (χ0n) is 22.7. The first-order valence-corrected chi connectivity index (χ1v) is 14.2. The number of pyridine rings is 3. The number of nitrogens with zero attached hydrogens (tertiary/aromatic N) is 3. The Morgan fingerprint density at radius 3 is 2.68 bits per heavy atom. The van der Waals surface area contributed by atoms with E-state index in [2.05, 4.69) is 30.5 Å². The number of hydrogen-bond acceptors (Lipinski definition) is 7. The number of H-pyrrole nitrogens is 1. The highest BCUT2D eigenvalue weighted by Crippen LogP contribution is 2.32. The van der Waals surface area contributed by atoms with Crippen molar-refractivity contribution < 1.29 is 14.3 Å². The van der Waals surface area contributed by atoms with Crippen molar-refractivity contribution in [1.29, 1.82) is 0 Å². The molecular formula is C31H33FN6O3. The summed E-state index contributed by atoms with van der Waals surface area (Å²) in [4.78, 5) is 39.4. The maximum Gasteiger partial charge on any atom is 0.259 e. The normalized spacial score (nSPS) is 17.6. The Bertz CT molecular complexity index is 1620. The first-order valence-electron chi connectivity index (χ1n) is 14.2. The number of benzene rings is 1. The fraction of sp³-hybridized carbons (Fsp3) is 0.355. The summed E-state index contributed by atoms with van der Waals surface area (Å²) in [5.74, 6) is 0.167. The van der Waals surface area contributed by atoms with Crippen molar-refractivity contribution in [3.63, 3.8) is 0 Å². The van der Waals surface area contributed by atoms with E-state index < -0.39 is 5.82 Å². The smallest absolute Gasteiger partial charge is 0.259 e. The minimum absolute atomic E-state index is 0.0316. The highest BCUT2D eigenvalue weighted by atomic mass is 19.1. The lowest BCUT2D eigenvalue weighted by molar-refractivity contribution is -0.120. The summed E-state index contributed by atoms with van der Waals surface area (Å²) in [6.45, 7) is 1.82. The van der Waals surface area contributed by atoms with Crippen molar-refractivity contribution >= 4 is 39.7 Å². The van der Waals surface area contributed by atoms with Crippen LogP contribution in [0.4, 0.5) is 27.3 Å². The number of carbonyl (C=O) groups is 1. The number of aliphatic hydroxyl groups is 1. The molecule has 1 amide bonds. The van der Waals surface area contributed by atoms with Gasteiger partial charge in [0, 0.05) is 49.0 Å². The van der Waals surface area contributed by atoms with Gasteiger partial charge in [-0.3, -0.25) is 9.59 Å². The number of aromatic nitrogens is 3. The van der Waals surface area contributed by atoms with Gasteiger partial charge in [-0.2, -0.15) is 0 Å². The summed E-state index contributed by atoms with van der Waals surface area (Å²) in [5, 5.41) is 15.9. The number of nitrogens with one attached hydrogen (secondary N) is 3. The maximum absolute atomic E-state index is 15.4. The largest absolute Gasteiger partial charge is 0.396 e. The van der Waals surface area contributed by atoms with Crippen molar-refractivity contribution in [2.24, 2.45) is 11.8 Å². The van der Waals surface area contributed by atoms with Gasteiger partial charge >= 0.3 is 0 Å². The number of aromatic amines is 1. The van der Waals surface area contributed by atoms with Crippen LogP contribution < -0.4 is 21.1 Å². The van der Waals surface area contributed by atoms with Gasteiger partial charge in [0.2, 0.25) is 5.91 Å². The van der Waals surface area contributed by atoms with Crippen LogP contribution in [0.25, 0.3) is 22.2 Å². The number of fused-ring (bicyclic) bond motifs is 1. The molecule has 1 saturated carbocycles. The quantitative estimate of drug-likeness (QED) is 0.247. The predicted molar refractivity (Wildman–Crippen MR) is 158 cm³/mol. The molecular weight excluding hydrogens is 523 g/mol. The highest BCUT2D eigenvalue weighted by molar-refractivity contribution is 5.95. The van der Waals surface area contributed by atoms with E-state index in [1.54, 1.807) is 30.5 Å². The standard InChI is InChI=1S/C31H33FN6O3/c32-24-14-21(35-30(40)20-4-2-1-3-5-20)6-8-23(24)26-15-27(29-25(36-26)10-12-33-31(29)41)37-28-9-7-22(16-34-28)38-13-11-19(17-38)18-39/h6-10,12,14-16,19-20,39H,1-5,11,13,17-18H2,(H,33,41)(H,35,40)(H,34,36,37)/t19-/m0/s1. The van der Waals surface area contributed by atoms with Gasteiger partial charge in [-0.05, 0) is 61.7 Å². The molecule has 41 heavy (non-hydrogen) atoms. The zero-order chi connectivity index (χ0) is 28.3. The molecule has 212 valence electrons. The second kappa shape index (κ2) is 11.7. The summed E-state index contributed by atoms with van der Waals surface area (Å²) in [5.41, 5.74) is 2.49. The van der Waals surface area contributed by atoms with E-state index in [9.17, 15) is 14.7 Å². The molecule has 3 aromatic heterocycles. The van der Waals surface area contributed by atoms with Gasteiger partial charge in [0.15, 0.2) is 0 Å². The molecule has 1 aliphatic heterocycles. The third-order valence-electron chi connectivity index (χ3n) is 8.14. The number of aliphatic hydroxyl groups excluding tert-OH is 1. The van der Waals surface area contributed by atoms with E-state index in [0.29, 0.717) is 33.8 Å². The molecule has 2 aliphatic rings. The SMILES string of the molecule is O=C(Nc1ccc(-c2cc(Nc3ccc(N4CC[C@H](CO)C4)cn3)c3c(=O)[nH]ccc3n2)c(F)c1)C1CCCCC1. The van der Waals surface area contributed by atoms with Crippen LogP contribution in [0.15, 0.2) is 59.7 Å². The molecule has 6 rings (SSSR count). The van der Waals surface area contributed by atoms with E-state index in [1.807, 2.05) is 12.1 Å². The molecule has 4 aromatic rings. The number of amides is 1. The van der Waals surface area contributed by atoms with Crippen molar-refractivity contribution in [3.05, 3.63) is 71.0 Å². The summed E-state index contributed by atoms with van der Waals surface area (Å²) in [6.07, 6.45) is 9.17. The lowest BCUT2D eigenvalue weighted by Gasteiger charge is -2.20. The lowest BCUT2D eigenvalue weighted by Crippen LogP contribution is -2.24. The molecule has 4 heterocycles. The van der Waals surface area contributed by atoms with Gasteiger partial charge in [0.05, 0.1) is 34.2 Å². The summed E-state index contributed by atoms with van der Waals surface area (Å²) >= 11 is 0. The third kappa shape index (κ3) is 5.78.